The predicted octanol–water partition coefficient (Wildman–Crippen LogP) is 2.63. The Balaban J connectivity index is 2.35. The number of hydrogen-bond acceptors (Lipinski definition) is 1. The zero-order chi connectivity index (χ0) is 8.10. The smallest absolute Gasteiger partial charge is 0.159 e. The predicted molar refractivity (Wildman–Crippen MR) is 46.4 cm³/mol. The van der Waals surface area contributed by atoms with Crippen LogP contribution in [0.1, 0.15) is 32.6 Å². The Morgan fingerprint density at radius 2 is 2.55 bits per heavy atom. The molecule has 0 aliphatic heterocycles. The summed E-state index contributed by atoms with van der Waals surface area (Å²) in [5.74, 6) is 0.237. The van der Waals surface area contributed by atoms with Crippen LogP contribution in [0.3, 0.4) is 0 Å². The molecule has 0 bridgehead atoms. The summed E-state index contributed by atoms with van der Waals surface area (Å²) in [5, 5.41) is 0. The quantitative estimate of drug-likeness (QED) is 0.446. The maximum Gasteiger partial charge on any atom is 0.159 e. The Morgan fingerprint density at radius 3 is 3.09 bits per heavy atom. The van der Waals surface area contributed by atoms with Gasteiger partial charge in [0.25, 0.3) is 0 Å². The zero-order valence-electron chi connectivity index (χ0n) is 6.97. The van der Waals surface area contributed by atoms with Crippen LogP contribution in [-0.4, -0.2) is 5.78 Å². The average Bonchev–Trinajstić information content (AvgIpc) is 2.40. The lowest BCUT2D eigenvalue weighted by atomic mass is 10.1. The summed E-state index contributed by atoms with van der Waals surface area (Å²) in [5.41, 5.74) is 1.33. The second-order valence-electron chi connectivity index (χ2n) is 2.90. The number of allylic oxidation sites excluding steroid dienone is 4. The normalized spacial score (nSPS) is 17.4. The van der Waals surface area contributed by atoms with Crippen LogP contribution >= 0.6 is 0 Å². The summed E-state index contributed by atoms with van der Waals surface area (Å²) in [7, 11) is 0. The average molecular weight is 150 g/mol. The minimum atomic E-state index is 0.237. The molecule has 0 aromatic carbocycles. The first-order chi connectivity index (χ1) is 5.33. The van der Waals surface area contributed by atoms with Crippen LogP contribution in [0.15, 0.2) is 23.8 Å². The lowest BCUT2D eigenvalue weighted by molar-refractivity contribution is -0.114. The monoisotopic (exact) mass is 150 g/mol. The lowest BCUT2D eigenvalue weighted by Gasteiger charge is -1.95. The third kappa shape index (κ3) is 2.71. The van der Waals surface area contributed by atoms with Crippen molar-refractivity contribution in [2.75, 3.05) is 0 Å². The highest BCUT2D eigenvalue weighted by atomic mass is 16.1. The number of rotatable bonds is 3. The first-order valence-electron chi connectivity index (χ1n) is 4.16. The third-order valence-corrected chi connectivity index (χ3v) is 1.89. The summed E-state index contributed by atoms with van der Waals surface area (Å²) in [4.78, 5) is 11.1. The van der Waals surface area contributed by atoms with Crippen molar-refractivity contribution in [3.8, 4) is 0 Å². The van der Waals surface area contributed by atoms with Crippen LogP contribution < -0.4 is 0 Å². The summed E-state index contributed by atoms with van der Waals surface area (Å²) in [6.45, 7) is 1.88. The van der Waals surface area contributed by atoms with Crippen molar-refractivity contribution >= 4 is 5.78 Å². The van der Waals surface area contributed by atoms with Gasteiger partial charge in [-0.15, -0.1) is 0 Å². The molecule has 0 aromatic heterocycles. The molecule has 1 aliphatic carbocycles. The van der Waals surface area contributed by atoms with Gasteiger partial charge in [-0.2, -0.15) is 0 Å². The minimum Gasteiger partial charge on any atom is -0.295 e. The standard InChI is InChI=1S/C10H14O/c1-2-5-10(11)8-9-6-3-4-7-9/h2,5-6H,3-4,7-8H2,1H3. The molecule has 0 aromatic rings. The van der Waals surface area contributed by atoms with E-state index in [0.717, 1.165) is 6.42 Å². The highest BCUT2D eigenvalue weighted by Crippen LogP contribution is 2.20. The topological polar surface area (TPSA) is 17.1 Å². The van der Waals surface area contributed by atoms with Gasteiger partial charge >= 0.3 is 0 Å². The van der Waals surface area contributed by atoms with Crippen molar-refractivity contribution < 1.29 is 4.79 Å². The Morgan fingerprint density at radius 1 is 1.73 bits per heavy atom. The van der Waals surface area contributed by atoms with Crippen molar-refractivity contribution in [1.82, 2.24) is 0 Å². The number of carbonyl (C=O) groups excluding carboxylic acids is 1. The molecule has 0 unspecified atom stereocenters. The van der Waals surface area contributed by atoms with Gasteiger partial charge in [-0.05, 0) is 32.3 Å². The zero-order valence-corrected chi connectivity index (χ0v) is 6.97. The first-order valence-corrected chi connectivity index (χ1v) is 4.16. The van der Waals surface area contributed by atoms with Crippen LogP contribution in [0.2, 0.25) is 0 Å². The lowest BCUT2D eigenvalue weighted by Crippen LogP contribution is -1.93. The summed E-state index contributed by atoms with van der Waals surface area (Å²) >= 11 is 0. The van der Waals surface area contributed by atoms with Crippen LogP contribution in [0.4, 0.5) is 0 Å². The molecule has 1 rings (SSSR count). The fourth-order valence-corrected chi connectivity index (χ4v) is 1.37. The molecule has 0 amide bonds. The van der Waals surface area contributed by atoms with E-state index in [0.29, 0.717) is 6.42 Å². The number of ketones is 1. The molecule has 0 fully saturated rings. The largest absolute Gasteiger partial charge is 0.295 e. The van der Waals surface area contributed by atoms with Gasteiger partial charge in [0.1, 0.15) is 0 Å². The Bertz CT molecular complexity index is 199. The van der Waals surface area contributed by atoms with Crippen molar-refractivity contribution in [3.05, 3.63) is 23.8 Å². The van der Waals surface area contributed by atoms with Crippen molar-refractivity contribution in [1.29, 1.82) is 0 Å². The molecule has 1 nitrogen and oxygen atoms in total. The summed E-state index contributed by atoms with van der Waals surface area (Å²) in [6.07, 6.45) is 9.82. The van der Waals surface area contributed by atoms with E-state index in [-0.39, 0.29) is 5.78 Å². The van der Waals surface area contributed by atoms with Crippen LogP contribution in [-0.2, 0) is 4.79 Å². The molecule has 0 N–H and O–H groups in total. The minimum absolute atomic E-state index is 0.237. The van der Waals surface area contributed by atoms with Gasteiger partial charge in [-0.25, -0.2) is 0 Å². The van der Waals surface area contributed by atoms with E-state index in [4.69, 9.17) is 0 Å². The van der Waals surface area contributed by atoms with Gasteiger partial charge in [-0.1, -0.05) is 17.7 Å². The molecule has 1 heteroatoms. The molecule has 0 radical (unpaired) electrons. The number of hydrogen-bond donors (Lipinski definition) is 0. The third-order valence-electron chi connectivity index (χ3n) is 1.89. The van der Waals surface area contributed by atoms with Crippen molar-refractivity contribution in [3.63, 3.8) is 0 Å². The molecule has 0 heterocycles. The van der Waals surface area contributed by atoms with Gasteiger partial charge in [0.15, 0.2) is 5.78 Å². The molecular weight excluding hydrogens is 136 g/mol. The highest BCUT2D eigenvalue weighted by molar-refractivity contribution is 5.91. The highest BCUT2D eigenvalue weighted by Gasteiger charge is 2.06. The SMILES string of the molecule is CC=CC(=O)CC1=CCCC1. The Kier molecular flexibility index (Phi) is 3.09. The second kappa shape index (κ2) is 4.12. The fraction of sp³-hybridized carbons (Fsp3) is 0.500. The summed E-state index contributed by atoms with van der Waals surface area (Å²) < 4.78 is 0. The molecule has 0 saturated carbocycles. The van der Waals surface area contributed by atoms with E-state index in [9.17, 15) is 4.79 Å². The Hall–Kier alpha value is -0.850. The van der Waals surface area contributed by atoms with Gasteiger partial charge < -0.3 is 0 Å². The van der Waals surface area contributed by atoms with E-state index < -0.39 is 0 Å². The molecule has 60 valence electrons. The van der Waals surface area contributed by atoms with E-state index >= 15 is 0 Å². The molecule has 0 spiro atoms. The van der Waals surface area contributed by atoms with Crippen LogP contribution in [0.5, 0.6) is 0 Å². The fourth-order valence-electron chi connectivity index (χ4n) is 1.37. The Labute approximate surface area is 67.8 Å². The van der Waals surface area contributed by atoms with E-state index in [1.807, 2.05) is 6.92 Å². The van der Waals surface area contributed by atoms with Crippen LogP contribution in [0, 0.1) is 0 Å². The van der Waals surface area contributed by atoms with Crippen LogP contribution in [0.25, 0.3) is 0 Å². The van der Waals surface area contributed by atoms with Gasteiger partial charge in [0.05, 0.1) is 0 Å². The maximum absolute atomic E-state index is 11.1. The molecule has 1 aliphatic rings. The second-order valence-corrected chi connectivity index (χ2v) is 2.90. The van der Waals surface area contributed by atoms with Gasteiger partial charge in [0.2, 0.25) is 0 Å². The molecular formula is C10H14O. The van der Waals surface area contributed by atoms with E-state index in [1.54, 1.807) is 12.2 Å². The molecule has 11 heavy (non-hydrogen) atoms. The van der Waals surface area contributed by atoms with E-state index in [1.165, 1.54) is 18.4 Å². The molecule has 0 atom stereocenters. The van der Waals surface area contributed by atoms with E-state index in [2.05, 4.69) is 6.08 Å². The summed E-state index contributed by atoms with van der Waals surface area (Å²) in [6, 6.07) is 0. The van der Waals surface area contributed by atoms with Gasteiger partial charge in [-0.3, -0.25) is 4.79 Å². The number of carbonyl (C=O) groups is 1. The van der Waals surface area contributed by atoms with Crippen molar-refractivity contribution in [2.24, 2.45) is 0 Å². The molecule has 0 saturated heterocycles. The van der Waals surface area contributed by atoms with Crippen molar-refractivity contribution in [2.45, 2.75) is 32.6 Å². The maximum atomic E-state index is 11.1. The van der Waals surface area contributed by atoms with Gasteiger partial charge in [0, 0.05) is 6.42 Å². The first kappa shape index (κ1) is 8.25.